The molecule has 2 aromatic rings. The highest BCUT2D eigenvalue weighted by molar-refractivity contribution is 6.00. The third kappa shape index (κ3) is 4.70. The number of rotatable bonds is 4. The molecule has 34 heavy (non-hydrogen) atoms. The van der Waals surface area contributed by atoms with Gasteiger partial charge in [-0.2, -0.15) is 0 Å². The predicted molar refractivity (Wildman–Crippen MR) is 132 cm³/mol. The van der Waals surface area contributed by atoms with Crippen LogP contribution in [0.3, 0.4) is 0 Å². The number of benzene rings is 1. The standard InChI is InChI=1S/C25H33N7O2/c1-19-26-22(29-10-8-28(2)9-11-29)17-23(27-19)30-12-14-31(15-13-30)25(34)20-16-24(33)32(18-20)21-6-4-3-5-7-21/h3-7,17,20H,8-16,18H2,1-2H3. The number of piperazine rings is 2. The van der Waals surface area contributed by atoms with Gasteiger partial charge in [0.2, 0.25) is 11.8 Å². The molecule has 0 spiro atoms. The van der Waals surface area contributed by atoms with Crippen LogP contribution in [0.1, 0.15) is 12.2 Å². The average molecular weight is 464 g/mol. The van der Waals surface area contributed by atoms with Gasteiger partial charge < -0.3 is 24.5 Å². The fourth-order valence-corrected chi connectivity index (χ4v) is 5.04. The van der Waals surface area contributed by atoms with Gasteiger partial charge in [0.1, 0.15) is 17.5 Å². The van der Waals surface area contributed by atoms with Crippen molar-refractivity contribution in [3.63, 3.8) is 0 Å². The molecule has 1 atom stereocenters. The highest BCUT2D eigenvalue weighted by Crippen LogP contribution is 2.27. The van der Waals surface area contributed by atoms with Gasteiger partial charge in [0, 0.05) is 77.1 Å². The van der Waals surface area contributed by atoms with Gasteiger partial charge in [0.15, 0.2) is 0 Å². The molecule has 1 aromatic carbocycles. The van der Waals surface area contributed by atoms with Crippen molar-refractivity contribution < 1.29 is 9.59 Å². The zero-order valence-corrected chi connectivity index (χ0v) is 20.1. The Morgan fingerprint density at radius 3 is 2.09 bits per heavy atom. The number of likely N-dealkylation sites (N-methyl/N-ethyl adjacent to an activating group) is 1. The molecular weight excluding hydrogens is 430 g/mol. The van der Waals surface area contributed by atoms with Crippen molar-refractivity contribution in [1.82, 2.24) is 19.8 Å². The summed E-state index contributed by atoms with van der Waals surface area (Å²) >= 11 is 0. The Morgan fingerprint density at radius 2 is 1.47 bits per heavy atom. The van der Waals surface area contributed by atoms with Gasteiger partial charge >= 0.3 is 0 Å². The summed E-state index contributed by atoms with van der Waals surface area (Å²) < 4.78 is 0. The van der Waals surface area contributed by atoms with Crippen molar-refractivity contribution >= 4 is 29.1 Å². The zero-order valence-electron chi connectivity index (χ0n) is 20.1. The van der Waals surface area contributed by atoms with Gasteiger partial charge in [-0.15, -0.1) is 0 Å². The number of carbonyl (C=O) groups is 2. The summed E-state index contributed by atoms with van der Waals surface area (Å²) in [6, 6.07) is 11.7. The maximum Gasteiger partial charge on any atom is 0.228 e. The van der Waals surface area contributed by atoms with E-state index in [2.05, 4.69) is 32.8 Å². The summed E-state index contributed by atoms with van der Waals surface area (Å²) in [4.78, 5) is 45.7. The highest BCUT2D eigenvalue weighted by atomic mass is 16.2. The number of anilines is 3. The van der Waals surface area contributed by atoms with E-state index in [1.165, 1.54) is 0 Å². The number of hydrogen-bond donors (Lipinski definition) is 0. The Bertz CT molecular complexity index is 1030. The lowest BCUT2D eigenvalue weighted by Gasteiger charge is -2.37. The monoisotopic (exact) mass is 463 g/mol. The van der Waals surface area contributed by atoms with Crippen LogP contribution < -0.4 is 14.7 Å². The Labute approximate surface area is 201 Å². The van der Waals surface area contributed by atoms with E-state index in [1.54, 1.807) is 4.90 Å². The minimum absolute atomic E-state index is 0.0242. The summed E-state index contributed by atoms with van der Waals surface area (Å²) in [6.45, 7) is 9.14. The summed E-state index contributed by atoms with van der Waals surface area (Å²) in [5.74, 6) is 2.53. The molecule has 3 aliphatic rings. The topological polar surface area (TPSA) is 76.1 Å². The first-order valence-corrected chi connectivity index (χ1v) is 12.2. The van der Waals surface area contributed by atoms with Gasteiger partial charge in [-0.05, 0) is 26.1 Å². The molecule has 180 valence electrons. The lowest BCUT2D eigenvalue weighted by molar-refractivity contribution is -0.136. The van der Waals surface area contributed by atoms with E-state index in [0.717, 1.165) is 62.4 Å². The van der Waals surface area contributed by atoms with E-state index < -0.39 is 0 Å². The van der Waals surface area contributed by atoms with Crippen LogP contribution in [-0.4, -0.2) is 97.5 Å². The molecule has 1 unspecified atom stereocenters. The molecule has 1 aromatic heterocycles. The zero-order chi connectivity index (χ0) is 23.7. The molecule has 5 rings (SSSR count). The molecule has 3 saturated heterocycles. The fourth-order valence-electron chi connectivity index (χ4n) is 5.04. The molecule has 9 heteroatoms. The number of aryl methyl sites for hydroxylation is 1. The molecular formula is C25H33N7O2. The van der Waals surface area contributed by atoms with Crippen molar-refractivity contribution in [3.8, 4) is 0 Å². The third-order valence-electron chi connectivity index (χ3n) is 7.10. The lowest BCUT2D eigenvalue weighted by atomic mass is 10.1. The second-order valence-corrected chi connectivity index (χ2v) is 9.48. The second-order valence-electron chi connectivity index (χ2n) is 9.48. The molecule has 0 N–H and O–H groups in total. The van der Waals surface area contributed by atoms with E-state index in [1.807, 2.05) is 42.2 Å². The van der Waals surface area contributed by atoms with Crippen LogP contribution in [0.2, 0.25) is 0 Å². The molecule has 3 fully saturated rings. The lowest BCUT2D eigenvalue weighted by Crippen LogP contribution is -2.51. The third-order valence-corrected chi connectivity index (χ3v) is 7.10. The van der Waals surface area contributed by atoms with Crippen molar-refractivity contribution in [2.75, 3.05) is 80.7 Å². The first kappa shape index (κ1) is 22.6. The quantitative estimate of drug-likeness (QED) is 0.675. The first-order valence-electron chi connectivity index (χ1n) is 12.2. The van der Waals surface area contributed by atoms with Crippen molar-refractivity contribution in [3.05, 3.63) is 42.2 Å². The highest BCUT2D eigenvalue weighted by Gasteiger charge is 2.38. The second kappa shape index (κ2) is 9.58. The van der Waals surface area contributed by atoms with Crippen LogP contribution in [0.5, 0.6) is 0 Å². The smallest absolute Gasteiger partial charge is 0.228 e. The van der Waals surface area contributed by atoms with Gasteiger partial charge in [-0.1, -0.05) is 18.2 Å². The Hall–Kier alpha value is -3.20. The van der Waals surface area contributed by atoms with E-state index in [0.29, 0.717) is 19.6 Å². The predicted octanol–water partition coefficient (Wildman–Crippen LogP) is 1.24. The van der Waals surface area contributed by atoms with Crippen molar-refractivity contribution in [2.45, 2.75) is 13.3 Å². The number of aromatic nitrogens is 2. The van der Waals surface area contributed by atoms with E-state index in [4.69, 9.17) is 4.98 Å². The van der Waals surface area contributed by atoms with Gasteiger partial charge in [-0.3, -0.25) is 9.59 Å². The minimum atomic E-state index is -0.274. The fraction of sp³-hybridized carbons (Fsp3) is 0.520. The number of carbonyl (C=O) groups excluding carboxylic acids is 2. The average Bonchev–Trinajstić information content (AvgIpc) is 3.26. The van der Waals surface area contributed by atoms with E-state index in [-0.39, 0.29) is 24.2 Å². The summed E-state index contributed by atoms with van der Waals surface area (Å²) in [7, 11) is 2.15. The first-order chi connectivity index (χ1) is 16.5. The maximum absolute atomic E-state index is 13.2. The molecule has 3 aliphatic heterocycles. The maximum atomic E-state index is 13.2. The molecule has 0 radical (unpaired) electrons. The number of hydrogen-bond acceptors (Lipinski definition) is 7. The molecule has 9 nitrogen and oxygen atoms in total. The van der Waals surface area contributed by atoms with Crippen LogP contribution in [0.4, 0.5) is 17.3 Å². The van der Waals surface area contributed by atoms with E-state index in [9.17, 15) is 9.59 Å². The molecule has 4 heterocycles. The normalized spacial score (nSPS) is 21.9. The Kier molecular flexibility index (Phi) is 6.36. The molecule has 0 saturated carbocycles. The van der Waals surface area contributed by atoms with Gasteiger partial charge in [0.25, 0.3) is 0 Å². The van der Waals surface area contributed by atoms with Crippen LogP contribution in [-0.2, 0) is 9.59 Å². The molecule has 0 bridgehead atoms. The number of nitrogens with zero attached hydrogens (tertiary/aromatic N) is 7. The molecule has 0 aliphatic carbocycles. The largest absolute Gasteiger partial charge is 0.354 e. The van der Waals surface area contributed by atoms with Gasteiger partial charge in [-0.25, -0.2) is 9.97 Å². The number of para-hydroxylation sites is 1. The van der Waals surface area contributed by atoms with Crippen LogP contribution in [0.15, 0.2) is 36.4 Å². The summed E-state index contributed by atoms with van der Waals surface area (Å²) in [6.07, 6.45) is 0.285. The Morgan fingerprint density at radius 1 is 0.882 bits per heavy atom. The summed E-state index contributed by atoms with van der Waals surface area (Å²) in [5, 5.41) is 0. The SMILES string of the molecule is Cc1nc(N2CCN(C)CC2)cc(N2CCN(C(=O)C3CC(=O)N(c4ccccc4)C3)CC2)n1. The van der Waals surface area contributed by atoms with Crippen molar-refractivity contribution in [2.24, 2.45) is 5.92 Å². The minimum Gasteiger partial charge on any atom is -0.354 e. The Balaban J connectivity index is 1.20. The van der Waals surface area contributed by atoms with Crippen LogP contribution in [0, 0.1) is 12.8 Å². The van der Waals surface area contributed by atoms with Crippen LogP contribution in [0.25, 0.3) is 0 Å². The van der Waals surface area contributed by atoms with Crippen molar-refractivity contribution in [1.29, 1.82) is 0 Å². The van der Waals surface area contributed by atoms with Gasteiger partial charge in [0.05, 0.1) is 5.92 Å². The summed E-state index contributed by atoms with van der Waals surface area (Å²) in [5.41, 5.74) is 0.864. The molecule has 2 amide bonds. The van der Waals surface area contributed by atoms with Crippen LogP contribution >= 0.6 is 0 Å². The number of amides is 2. The van der Waals surface area contributed by atoms with E-state index >= 15 is 0 Å².